The maximum Gasteiger partial charge on any atom is 0.0362 e. The molecule has 1 heterocycles. The third-order valence-corrected chi connectivity index (χ3v) is 5.91. The van der Waals surface area contributed by atoms with E-state index in [-0.39, 0.29) is 0 Å². The van der Waals surface area contributed by atoms with Crippen molar-refractivity contribution < 1.29 is 0 Å². The van der Waals surface area contributed by atoms with Gasteiger partial charge in [0.15, 0.2) is 0 Å². The summed E-state index contributed by atoms with van der Waals surface area (Å²) in [6, 6.07) is 0. The molecule has 0 aromatic carbocycles. The molecule has 1 aliphatic heterocycles. The van der Waals surface area contributed by atoms with Crippen LogP contribution in [0.25, 0.3) is 0 Å². The first kappa shape index (κ1) is 11.0. The van der Waals surface area contributed by atoms with E-state index >= 15 is 0 Å². The maximum atomic E-state index is 6.18. The Kier molecular flexibility index (Phi) is 2.56. The van der Waals surface area contributed by atoms with Gasteiger partial charge in [0.05, 0.1) is 0 Å². The minimum atomic E-state index is 0.405. The Labute approximate surface area is 99.6 Å². The quantitative estimate of drug-likeness (QED) is 0.775. The van der Waals surface area contributed by atoms with Crippen LogP contribution in [0.4, 0.5) is 0 Å². The molecule has 0 aromatic rings. The zero-order valence-electron chi connectivity index (χ0n) is 10.8. The van der Waals surface area contributed by atoms with E-state index in [0.717, 1.165) is 30.2 Å². The predicted molar refractivity (Wildman–Crippen MR) is 67.1 cm³/mol. The predicted octanol–water partition coefficient (Wildman–Crippen LogP) is 2.09. The summed E-state index contributed by atoms with van der Waals surface area (Å²) in [4.78, 5) is 2.77. The van der Waals surface area contributed by atoms with E-state index in [1.807, 2.05) is 0 Å². The standard InChI is InChI=1S/C14H26N2/c1-10-7-16(8-11(10)2)14(9-15)6-12-3-4-13(14)5-12/h10-13H,3-9,15H2,1-2H3. The second-order valence-electron chi connectivity index (χ2n) is 6.75. The van der Waals surface area contributed by atoms with Crippen LogP contribution in [0.15, 0.2) is 0 Å². The fourth-order valence-corrected chi connectivity index (χ4v) is 4.67. The number of nitrogens with zero attached hydrogens (tertiary/aromatic N) is 1. The molecule has 3 aliphatic rings. The van der Waals surface area contributed by atoms with Crippen LogP contribution < -0.4 is 5.73 Å². The van der Waals surface area contributed by atoms with Gasteiger partial charge in [-0.3, -0.25) is 4.90 Å². The van der Waals surface area contributed by atoms with Crippen LogP contribution >= 0.6 is 0 Å². The van der Waals surface area contributed by atoms with E-state index in [1.54, 1.807) is 0 Å². The maximum absolute atomic E-state index is 6.18. The van der Waals surface area contributed by atoms with Crippen LogP contribution in [0.1, 0.15) is 39.5 Å². The van der Waals surface area contributed by atoms with E-state index in [4.69, 9.17) is 5.73 Å². The molecule has 2 aliphatic carbocycles. The van der Waals surface area contributed by atoms with E-state index in [0.29, 0.717) is 5.54 Å². The summed E-state index contributed by atoms with van der Waals surface area (Å²) in [7, 11) is 0. The number of likely N-dealkylation sites (tertiary alicyclic amines) is 1. The van der Waals surface area contributed by atoms with Gasteiger partial charge in [0.25, 0.3) is 0 Å². The van der Waals surface area contributed by atoms with Gasteiger partial charge in [-0.2, -0.15) is 0 Å². The zero-order valence-corrected chi connectivity index (χ0v) is 10.8. The third-order valence-electron chi connectivity index (χ3n) is 5.91. The molecular weight excluding hydrogens is 196 g/mol. The molecule has 3 rings (SSSR count). The van der Waals surface area contributed by atoms with Crippen LogP contribution in [0.2, 0.25) is 0 Å². The van der Waals surface area contributed by atoms with Gasteiger partial charge in [-0.25, -0.2) is 0 Å². The van der Waals surface area contributed by atoms with Gasteiger partial charge in [0, 0.05) is 25.2 Å². The number of hydrogen-bond acceptors (Lipinski definition) is 2. The molecule has 2 nitrogen and oxygen atoms in total. The molecule has 0 radical (unpaired) electrons. The van der Waals surface area contributed by atoms with Crippen LogP contribution in [0.5, 0.6) is 0 Å². The molecule has 92 valence electrons. The van der Waals surface area contributed by atoms with Gasteiger partial charge < -0.3 is 5.73 Å². The molecule has 1 saturated heterocycles. The Morgan fingerprint density at radius 1 is 1.19 bits per heavy atom. The van der Waals surface area contributed by atoms with Crippen LogP contribution in [-0.4, -0.2) is 30.1 Å². The van der Waals surface area contributed by atoms with Gasteiger partial charge in [0.2, 0.25) is 0 Å². The molecule has 5 atom stereocenters. The summed E-state index contributed by atoms with van der Waals surface area (Å²) >= 11 is 0. The Morgan fingerprint density at radius 2 is 1.88 bits per heavy atom. The lowest BCUT2D eigenvalue weighted by atomic mass is 9.79. The molecule has 0 amide bonds. The van der Waals surface area contributed by atoms with E-state index < -0.39 is 0 Å². The summed E-state index contributed by atoms with van der Waals surface area (Å²) in [5.41, 5.74) is 6.59. The highest BCUT2D eigenvalue weighted by Crippen LogP contribution is 2.54. The molecular formula is C14H26N2. The minimum absolute atomic E-state index is 0.405. The van der Waals surface area contributed by atoms with E-state index in [9.17, 15) is 0 Å². The monoisotopic (exact) mass is 222 g/mol. The van der Waals surface area contributed by atoms with Gasteiger partial charge in [-0.15, -0.1) is 0 Å². The van der Waals surface area contributed by atoms with E-state index in [2.05, 4.69) is 18.7 Å². The Morgan fingerprint density at radius 3 is 2.31 bits per heavy atom. The minimum Gasteiger partial charge on any atom is -0.329 e. The summed E-state index contributed by atoms with van der Waals surface area (Å²) in [6.45, 7) is 8.29. The lowest BCUT2D eigenvalue weighted by Gasteiger charge is -2.45. The molecule has 2 N–H and O–H groups in total. The van der Waals surface area contributed by atoms with Crippen molar-refractivity contribution in [3.63, 3.8) is 0 Å². The third kappa shape index (κ3) is 1.39. The second-order valence-corrected chi connectivity index (χ2v) is 6.75. The molecule has 0 spiro atoms. The molecule has 0 aromatic heterocycles. The Balaban J connectivity index is 1.81. The van der Waals surface area contributed by atoms with Gasteiger partial charge >= 0.3 is 0 Å². The Hall–Kier alpha value is -0.0800. The van der Waals surface area contributed by atoms with Crippen LogP contribution in [0, 0.1) is 23.7 Å². The number of nitrogens with two attached hydrogens (primary N) is 1. The topological polar surface area (TPSA) is 29.3 Å². The first-order valence-corrected chi connectivity index (χ1v) is 7.11. The number of hydrogen-bond donors (Lipinski definition) is 1. The van der Waals surface area contributed by atoms with Crippen molar-refractivity contribution in [3.05, 3.63) is 0 Å². The Bertz CT molecular complexity index is 268. The van der Waals surface area contributed by atoms with E-state index in [1.165, 1.54) is 38.8 Å². The highest BCUT2D eigenvalue weighted by atomic mass is 15.2. The van der Waals surface area contributed by atoms with Crippen molar-refractivity contribution in [2.24, 2.45) is 29.4 Å². The number of rotatable bonds is 2. The molecule has 5 unspecified atom stereocenters. The second kappa shape index (κ2) is 3.71. The van der Waals surface area contributed by atoms with Crippen molar-refractivity contribution in [1.29, 1.82) is 0 Å². The molecule has 16 heavy (non-hydrogen) atoms. The first-order chi connectivity index (χ1) is 7.65. The van der Waals surface area contributed by atoms with Crippen LogP contribution in [0.3, 0.4) is 0 Å². The smallest absolute Gasteiger partial charge is 0.0362 e. The highest BCUT2D eigenvalue weighted by molar-refractivity contribution is 5.09. The van der Waals surface area contributed by atoms with Crippen molar-refractivity contribution in [3.8, 4) is 0 Å². The van der Waals surface area contributed by atoms with Crippen molar-refractivity contribution in [1.82, 2.24) is 4.90 Å². The molecule has 2 bridgehead atoms. The lowest BCUT2D eigenvalue weighted by Crippen LogP contribution is -2.56. The summed E-state index contributed by atoms with van der Waals surface area (Å²) in [5.74, 6) is 3.64. The van der Waals surface area contributed by atoms with Gasteiger partial charge in [0.1, 0.15) is 0 Å². The van der Waals surface area contributed by atoms with Crippen LogP contribution in [-0.2, 0) is 0 Å². The molecule has 2 heteroatoms. The average molecular weight is 222 g/mol. The molecule has 3 fully saturated rings. The first-order valence-electron chi connectivity index (χ1n) is 7.11. The molecule has 2 saturated carbocycles. The summed E-state index contributed by atoms with van der Waals surface area (Å²) in [5, 5.41) is 0. The largest absolute Gasteiger partial charge is 0.329 e. The van der Waals surface area contributed by atoms with Gasteiger partial charge in [-0.05, 0) is 42.9 Å². The van der Waals surface area contributed by atoms with Crippen molar-refractivity contribution >= 4 is 0 Å². The highest BCUT2D eigenvalue weighted by Gasteiger charge is 2.54. The number of fused-ring (bicyclic) bond motifs is 2. The zero-order chi connectivity index (χ0) is 11.3. The average Bonchev–Trinajstić information content (AvgIpc) is 2.94. The van der Waals surface area contributed by atoms with Crippen molar-refractivity contribution in [2.45, 2.75) is 45.1 Å². The fraction of sp³-hybridized carbons (Fsp3) is 1.00. The SMILES string of the molecule is CC1CN(C2(CN)CC3CCC2C3)CC1C. The van der Waals surface area contributed by atoms with Gasteiger partial charge in [-0.1, -0.05) is 20.3 Å². The summed E-state index contributed by atoms with van der Waals surface area (Å²) in [6.07, 6.45) is 5.79. The lowest BCUT2D eigenvalue weighted by molar-refractivity contribution is 0.0589. The normalized spacial score (nSPS) is 52.7. The fourth-order valence-electron chi connectivity index (χ4n) is 4.67. The van der Waals surface area contributed by atoms with Crippen molar-refractivity contribution in [2.75, 3.05) is 19.6 Å². The summed E-state index contributed by atoms with van der Waals surface area (Å²) < 4.78 is 0.